The second kappa shape index (κ2) is 6.53. The molecule has 1 aliphatic carbocycles. The van der Waals surface area contributed by atoms with Crippen LogP contribution in [-0.2, 0) is 4.74 Å². The molecule has 0 bridgehead atoms. The van der Waals surface area contributed by atoms with Crippen LogP contribution in [0.5, 0.6) is 0 Å². The summed E-state index contributed by atoms with van der Waals surface area (Å²) in [7, 11) is 4.00. The molecule has 1 fully saturated rings. The maximum atomic E-state index is 12.6. The molecule has 1 aliphatic rings. The average molecular weight is 300 g/mol. The van der Waals surface area contributed by atoms with Crippen LogP contribution in [0.1, 0.15) is 53.9 Å². The van der Waals surface area contributed by atoms with E-state index in [0.717, 1.165) is 19.3 Å². The highest BCUT2D eigenvalue weighted by molar-refractivity contribution is 5.69. The Balaban J connectivity index is 2.92. The van der Waals surface area contributed by atoms with Crippen molar-refractivity contribution < 1.29 is 14.6 Å². The first-order chi connectivity index (χ1) is 9.44. The first-order valence-corrected chi connectivity index (χ1v) is 7.79. The van der Waals surface area contributed by atoms with Gasteiger partial charge in [-0.25, -0.2) is 4.79 Å². The van der Waals surface area contributed by atoms with Crippen molar-refractivity contribution in [2.45, 2.75) is 77.2 Å². The number of ether oxygens (including phenoxy) is 1. The van der Waals surface area contributed by atoms with E-state index < -0.39 is 11.7 Å². The van der Waals surface area contributed by atoms with Crippen molar-refractivity contribution in [1.29, 1.82) is 0 Å². The molecular weight excluding hydrogens is 268 g/mol. The summed E-state index contributed by atoms with van der Waals surface area (Å²) in [6.07, 6.45) is 1.77. The van der Waals surface area contributed by atoms with Crippen LogP contribution in [0.25, 0.3) is 0 Å². The van der Waals surface area contributed by atoms with Crippen LogP contribution in [-0.4, -0.2) is 64.9 Å². The van der Waals surface area contributed by atoms with Gasteiger partial charge in [0.1, 0.15) is 5.60 Å². The zero-order valence-electron chi connectivity index (χ0n) is 14.6. The van der Waals surface area contributed by atoms with Crippen LogP contribution in [0.4, 0.5) is 4.79 Å². The highest BCUT2D eigenvalue weighted by Gasteiger charge is 2.39. The molecule has 1 N–H and O–H groups in total. The van der Waals surface area contributed by atoms with Gasteiger partial charge in [0.2, 0.25) is 0 Å². The highest BCUT2D eigenvalue weighted by Crippen LogP contribution is 2.28. The number of carbonyl (C=O) groups is 1. The third-order valence-electron chi connectivity index (χ3n) is 4.24. The average Bonchev–Trinajstić information content (AvgIpc) is 2.69. The third kappa shape index (κ3) is 5.15. The van der Waals surface area contributed by atoms with Gasteiger partial charge in [-0.15, -0.1) is 0 Å². The Labute approximate surface area is 129 Å². The van der Waals surface area contributed by atoms with Crippen LogP contribution in [0, 0.1) is 0 Å². The summed E-state index contributed by atoms with van der Waals surface area (Å²) in [6.45, 7) is 10.3. The molecule has 0 radical (unpaired) electrons. The van der Waals surface area contributed by atoms with Crippen molar-refractivity contribution in [1.82, 2.24) is 9.80 Å². The van der Waals surface area contributed by atoms with E-state index in [2.05, 4.69) is 18.7 Å². The molecule has 2 unspecified atom stereocenters. The minimum atomic E-state index is -0.527. The lowest BCUT2D eigenvalue weighted by Gasteiger charge is -2.41. The Morgan fingerprint density at radius 3 is 2.14 bits per heavy atom. The number of amides is 1. The number of aliphatic hydroxyl groups is 1. The predicted molar refractivity (Wildman–Crippen MR) is 84.4 cm³/mol. The number of likely N-dealkylation sites (N-methyl/N-ethyl adjacent to an activating group) is 1. The lowest BCUT2D eigenvalue weighted by molar-refractivity contribution is -0.0129. The predicted octanol–water partition coefficient (Wildman–Crippen LogP) is 2.48. The summed E-state index contributed by atoms with van der Waals surface area (Å²) in [6, 6.07) is -0.140. The molecule has 5 heteroatoms. The number of aliphatic hydroxyl groups excluding tert-OH is 1. The van der Waals surface area contributed by atoms with Gasteiger partial charge in [-0.3, -0.25) is 0 Å². The SMILES string of the molecule is CN(C)C(C)(C)CN(C(=O)OC(C)(C)C)C1CCCC1O. The van der Waals surface area contributed by atoms with Crippen LogP contribution in [0.15, 0.2) is 0 Å². The molecule has 0 aromatic heterocycles. The number of carbonyl (C=O) groups excluding carboxylic acids is 1. The maximum absolute atomic E-state index is 12.6. The van der Waals surface area contributed by atoms with Crippen LogP contribution in [0.2, 0.25) is 0 Å². The minimum Gasteiger partial charge on any atom is -0.444 e. The molecule has 5 nitrogen and oxygen atoms in total. The number of rotatable bonds is 4. The lowest BCUT2D eigenvalue weighted by Crippen LogP contribution is -2.55. The first kappa shape index (κ1) is 18.2. The normalized spacial score (nSPS) is 23.5. The minimum absolute atomic E-state index is 0.140. The zero-order valence-corrected chi connectivity index (χ0v) is 14.6. The quantitative estimate of drug-likeness (QED) is 0.866. The van der Waals surface area contributed by atoms with Crippen molar-refractivity contribution in [2.24, 2.45) is 0 Å². The van der Waals surface area contributed by atoms with E-state index in [1.165, 1.54) is 0 Å². The molecule has 0 aromatic carbocycles. The van der Waals surface area contributed by atoms with E-state index in [-0.39, 0.29) is 17.7 Å². The summed E-state index contributed by atoms with van der Waals surface area (Å²) in [4.78, 5) is 16.4. The van der Waals surface area contributed by atoms with E-state index >= 15 is 0 Å². The Kier molecular flexibility index (Phi) is 5.67. The van der Waals surface area contributed by atoms with Crippen molar-refractivity contribution in [2.75, 3.05) is 20.6 Å². The van der Waals surface area contributed by atoms with Gasteiger partial charge in [-0.2, -0.15) is 0 Å². The number of nitrogens with zero attached hydrogens (tertiary/aromatic N) is 2. The third-order valence-corrected chi connectivity index (χ3v) is 4.24. The summed E-state index contributed by atoms with van der Waals surface area (Å²) >= 11 is 0. The Bertz CT molecular complexity index is 361. The molecule has 0 saturated heterocycles. The highest BCUT2D eigenvalue weighted by atomic mass is 16.6. The summed E-state index contributed by atoms with van der Waals surface area (Å²) in [5, 5.41) is 10.2. The second-order valence-electron chi connectivity index (χ2n) is 7.88. The van der Waals surface area contributed by atoms with Gasteiger partial charge >= 0.3 is 6.09 Å². The molecule has 0 heterocycles. The van der Waals surface area contributed by atoms with Gasteiger partial charge in [0.15, 0.2) is 0 Å². The van der Waals surface area contributed by atoms with Crippen LogP contribution < -0.4 is 0 Å². The molecule has 0 spiro atoms. The van der Waals surface area contributed by atoms with Crippen molar-refractivity contribution in [3.05, 3.63) is 0 Å². The fourth-order valence-corrected chi connectivity index (χ4v) is 2.48. The maximum Gasteiger partial charge on any atom is 0.410 e. The fourth-order valence-electron chi connectivity index (χ4n) is 2.48. The molecule has 2 atom stereocenters. The van der Waals surface area contributed by atoms with Crippen LogP contribution in [0.3, 0.4) is 0 Å². The van der Waals surface area contributed by atoms with E-state index in [4.69, 9.17) is 4.74 Å². The molecule has 1 amide bonds. The van der Waals surface area contributed by atoms with Gasteiger partial charge in [0, 0.05) is 12.1 Å². The summed E-state index contributed by atoms with van der Waals surface area (Å²) < 4.78 is 5.54. The van der Waals surface area contributed by atoms with Crippen molar-refractivity contribution in [3.63, 3.8) is 0 Å². The Morgan fingerprint density at radius 2 is 1.76 bits per heavy atom. The molecule has 124 valence electrons. The van der Waals surface area contributed by atoms with E-state index in [1.54, 1.807) is 4.90 Å². The van der Waals surface area contributed by atoms with E-state index in [1.807, 2.05) is 34.9 Å². The van der Waals surface area contributed by atoms with Gasteiger partial charge in [0.25, 0.3) is 0 Å². The summed E-state index contributed by atoms with van der Waals surface area (Å²) in [5.41, 5.74) is -0.708. The standard InChI is InChI=1S/C16H32N2O3/c1-15(2,3)21-14(20)18(11-16(4,5)17(6)7)12-9-8-10-13(12)19/h12-13,19H,8-11H2,1-7H3. The van der Waals surface area contributed by atoms with Gasteiger partial charge < -0.3 is 19.6 Å². The lowest BCUT2D eigenvalue weighted by atomic mass is 10.0. The van der Waals surface area contributed by atoms with E-state index in [9.17, 15) is 9.90 Å². The Hall–Kier alpha value is -0.810. The number of hydrogen-bond acceptors (Lipinski definition) is 4. The smallest absolute Gasteiger partial charge is 0.410 e. The molecule has 0 aliphatic heterocycles. The fraction of sp³-hybridized carbons (Fsp3) is 0.938. The monoisotopic (exact) mass is 300 g/mol. The number of hydrogen-bond donors (Lipinski definition) is 1. The largest absolute Gasteiger partial charge is 0.444 e. The molecule has 21 heavy (non-hydrogen) atoms. The van der Waals surface area contributed by atoms with E-state index in [0.29, 0.717) is 6.54 Å². The van der Waals surface area contributed by atoms with Gasteiger partial charge in [-0.1, -0.05) is 0 Å². The summed E-state index contributed by atoms with van der Waals surface area (Å²) in [5.74, 6) is 0. The molecule has 1 saturated carbocycles. The second-order valence-corrected chi connectivity index (χ2v) is 7.88. The molecule has 1 rings (SSSR count). The van der Waals surface area contributed by atoms with Crippen molar-refractivity contribution in [3.8, 4) is 0 Å². The van der Waals surface area contributed by atoms with Gasteiger partial charge in [0.05, 0.1) is 12.1 Å². The van der Waals surface area contributed by atoms with Gasteiger partial charge in [-0.05, 0) is 68.0 Å². The van der Waals surface area contributed by atoms with Crippen LogP contribution >= 0.6 is 0 Å². The zero-order chi connectivity index (χ0) is 16.4. The molecule has 0 aromatic rings. The first-order valence-electron chi connectivity index (χ1n) is 7.79. The van der Waals surface area contributed by atoms with Crippen molar-refractivity contribution >= 4 is 6.09 Å². The topological polar surface area (TPSA) is 53.0 Å². The molecular formula is C16H32N2O3. The Morgan fingerprint density at radius 1 is 1.19 bits per heavy atom.